The van der Waals surface area contributed by atoms with Crippen LogP contribution in [0.3, 0.4) is 0 Å². The third-order valence-corrected chi connectivity index (χ3v) is 11.8. The van der Waals surface area contributed by atoms with Gasteiger partial charge in [-0.1, -0.05) is 174 Å². The zero-order valence-corrected chi connectivity index (χ0v) is 37.9. The van der Waals surface area contributed by atoms with E-state index in [4.69, 9.17) is 18.9 Å². The quantitative estimate of drug-likeness (QED) is 0.0198. The van der Waals surface area contributed by atoms with Crippen LogP contribution in [-0.2, 0) is 38.7 Å². The molecular formula is C46H86O12S. The summed E-state index contributed by atoms with van der Waals surface area (Å²) in [5, 5.41) is 30.9. The minimum Gasteiger partial charge on any atom is -0.462 e. The topological polar surface area (TPSA) is 186 Å². The third-order valence-electron chi connectivity index (χ3n) is 11.1. The molecule has 0 aromatic heterocycles. The van der Waals surface area contributed by atoms with E-state index in [0.29, 0.717) is 12.8 Å². The summed E-state index contributed by atoms with van der Waals surface area (Å²) in [5.41, 5.74) is 0. The summed E-state index contributed by atoms with van der Waals surface area (Å²) in [7, 11) is -4.60. The number of aliphatic hydroxyl groups is 3. The average molecular weight is 863 g/mol. The summed E-state index contributed by atoms with van der Waals surface area (Å²) < 4.78 is 54.1. The van der Waals surface area contributed by atoms with Crippen molar-refractivity contribution >= 4 is 22.1 Å². The number of aliphatic hydroxyl groups excluding tert-OH is 3. The Bertz CT molecular complexity index is 1150. The Kier molecular flexibility index (Phi) is 34.7. The molecule has 0 spiro atoms. The van der Waals surface area contributed by atoms with Crippen molar-refractivity contribution in [1.29, 1.82) is 0 Å². The van der Waals surface area contributed by atoms with E-state index in [9.17, 15) is 37.9 Å². The molecule has 348 valence electrons. The number of carbonyl (C=O) groups is 2. The van der Waals surface area contributed by atoms with E-state index < -0.39 is 71.2 Å². The van der Waals surface area contributed by atoms with Crippen LogP contribution in [0.5, 0.6) is 0 Å². The standard InChI is InChI=1S/C46H86O12S/c1-3-5-7-9-11-13-15-17-19-20-21-23-24-26-28-30-32-34-41(47)55-36-39(37-56-46-45(51)44(50)43(49)40(58-46)38-59(52,53)54)57-42(48)35-33-31-29-27-25-22-18-16-14-12-10-8-6-4-2/h13,15,39-40,43-46,49-51H,3-12,14,16-38H2,1-2H3,(H,52,53,54)/b15-13+/t39-,40-,43-,44?,45?,46+/m1/s1. The number of ether oxygens (including phenoxy) is 4. The van der Waals surface area contributed by atoms with Crippen molar-refractivity contribution < 1.29 is 56.8 Å². The normalized spacial score (nSPS) is 20.3. The molecule has 0 aliphatic carbocycles. The second-order valence-electron chi connectivity index (χ2n) is 16.8. The molecule has 13 heteroatoms. The predicted molar refractivity (Wildman–Crippen MR) is 234 cm³/mol. The smallest absolute Gasteiger partial charge is 0.306 e. The Morgan fingerprint density at radius 2 is 0.966 bits per heavy atom. The summed E-state index contributed by atoms with van der Waals surface area (Å²) in [6, 6.07) is 0. The monoisotopic (exact) mass is 863 g/mol. The highest BCUT2D eigenvalue weighted by molar-refractivity contribution is 7.85. The number of hydrogen-bond acceptors (Lipinski definition) is 11. The van der Waals surface area contributed by atoms with Crippen molar-refractivity contribution in [3.05, 3.63) is 12.2 Å². The number of esters is 2. The first-order valence-electron chi connectivity index (χ1n) is 23.7. The van der Waals surface area contributed by atoms with Crippen LogP contribution < -0.4 is 0 Å². The van der Waals surface area contributed by atoms with Gasteiger partial charge < -0.3 is 34.3 Å². The van der Waals surface area contributed by atoms with E-state index in [2.05, 4.69) is 26.0 Å². The molecular weight excluding hydrogens is 777 g/mol. The van der Waals surface area contributed by atoms with Crippen molar-refractivity contribution in [1.82, 2.24) is 0 Å². The predicted octanol–water partition coefficient (Wildman–Crippen LogP) is 9.84. The van der Waals surface area contributed by atoms with Gasteiger partial charge in [0.1, 0.15) is 36.8 Å². The van der Waals surface area contributed by atoms with Gasteiger partial charge >= 0.3 is 11.9 Å². The summed E-state index contributed by atoms with van der Waals surface area (Å²) in [6.07, 6.45) is 29.6. The lowest BCUT2D eigenvalue weighted by Gasteiger charge is -2.40. The Morgan fingerprint density at radius 3 is 1.42 bits per heavy atom. The highest BCUT2D eigenvalue weighted by Crippen LogP contribution is 2.24. The van der Waals surface area contributed by atoms with E-state index in [1.807, 2.05) is 0 Å². The number of allylic oxidation sites excluding steroid dienone is 2. The van der Waals surface area contributed by atoms with Gasteiger partial charge in [-0.2, -0.15) is 8.42 Å². The highest BCUT2D eigenvalue weighted by atomic mass is 32.2. The Morgan fingerprint density at radius 1 is 0.559 bits per heavy atom. The molecule has 1 fully saturated rings. The largest absolute Gasteiger partial charge is 0.462 e. The van der Waals surface area contributed by atoms with Gasteiger partial charge in [-0.15, -0.1) is 0 Å². The summed E-state index contributed by atoms with van der Waals surface area (Å²) in [5.74, 6) is -1.97. The maximum Gasteiger partial charge on any atom is 0.306 e. The molecule has 1 heterocycles. The van der Waals surface area contributed by atoms with Crippen LogP contribution in [0.25, 0.3) is 0 Å². The van der Waals surface area contributed by atoms with Gasteiger partial charge in [0.2, 0.25) is 0 Å². The van der Waals surface area contributed by atoms with Gasteiger partial charge in [0.05, 0.1) is 6.61 Å². The van der Waals surface area contributed by atoms with E-state index >= 15 is 0 Å². The van der Waals surface area contributed by atoms with E-state index in [1.54, 1.807) is 0 Å². The molecule has 6 atom stereocenters. The number of rotatable bonds is 40. The first kappa shape index (κ1) is 55.4. The molecule has 0 aromatic carbocycles. The minimum absolute atomic E-state index is 0.170. The zero-order valence-electron chi connectivity index (χ0n) is 37.1. The number of unbranched alkanes of at least 4 members (excludes halogenated alkanes) is 26. The molecule has 1 rings (SSSR count). The minimum atomic E-state index is -4.60. The lowest BCUT2D eigenvalue weighted by atomic mass is 10.00. The van der Waals surface area contributed by atoms with Crippen molar-refractivity contribution in [3.63, 3.8) is 0 Å². The first-order chi connectivity index (χ1) is 28.5. The average Bonchev–Trinajstić information content (AvgIpc) is 3.20. The number of carbonyl (C=O) groups excluding carboxylic acids is 2. The van der Waals surface area contributed by atoms with Crippen molar-refractivity contribution in [3.8, 4) is 0 Å². The first-order valence-corrected chi connectivity index (χ1v) is 25.4. The molecule has 0 saturated carbocycles. The molecule has 4 N–H and O–H groups in total. The van der Waals surface area contributed by atoms with Gasteiger partial charge in [-0.25, -0.2) is 0 Å². The molecule has 59 heavy (non-hydrogen) atoms. The van der Waals surface area contributed by atoms with Crippen LogP contribution in [0.2, 0.25) is 0 Å². The molecule has 0 aromatic rings. The van der Waals surface area contributed by atoms with E-state index in [0.717, 1.165) is 38.5 Å². The second-order valence-corrected chi connectivity index (χ2v) is 18.3. The van der Waals surface area contributed by atoms with Crippen LogP contribution in [0.15, 0.2) is 12.2 Å². The second kappa shape index (κ2) is 37.0. The SMILES string of the molecule is CCCCCC/C=C/CCCCCCCCCCCC(=O)OC[C@H](CO[C@H]1O[C@H](CS(=O)(=O)O)[C@@H](O)C(O)C1O)OC(=O)CCCCCCCCCCCCCCCC. The summed E-state index contributed by atoms with van der Waals surface area (Å²) in [6.45, 7) is 3.77. The zero-order chi connectivity index (χ0) is 43.4. The van der Waals surface area contributed by atoms with Gasteiger partial charge in [-0.05, 0) is 38.5 Å². The molecule has 1 aliphatic heterocycles. The van der Waals surface area contributed by atoms with Gasteiger partial charge in [0.25, 0.3) is 10.1 Å². The van der Waals surface area contributed by atoms with Crippen LogP contribution in [0, 0.1) is 0 Å². The van der Waals surface area contributed by atoms with Gasteiger partial charge in [0, 0.05) is 12.8 Å². The molecule has 0 bridgehead atoms. The van der Waals surface area contributed by atoms with Crippen molar-refractivity contribution in [2.75, 3.05) is 19.0 Å². The summed E-state index contributed by atoms with van der Waals surface area (Å²) in [4.78, 5) is 25.4. The van der Waals surface area contributed by atoms with Gasteiger partial charge in [-0.3, -0.25) is 14.1 Å². The molecule has 12 nitrogen and oxygen atoms in total. The van der Waals surface area contributed by atoms with Crippen LogP contribution in [0.1, 0.15) is 213 Å². The van der Waals surface area contributed by atoms with Crippen molar-refractivity contribution in [2.24, 2.45) is 0 Å². The highest BCUT2D eigenvalue weighted by Gasteiger charge is 2.46. The maximum absolute atomic E-state index is 12.8. The Hall–Kier alpha value is -1.61. The Labute approximate surface area is 358 Å². The molecule has 0 amide bonds. The third kappa shape index (κ3) is 31.8. The van der Waals surface area contributed by atoms with E-state index in [1.165, 1.54) is 135 Å². The Balaban J connectivity index is 2.41. The van der Waals surface area contributed by atoms with E-state index in [-0.39, 0.29) is 19.4 Å². The van der Waals surface area contributed by atoms with Crippen molar-refractivity contribution in [2.45, 2.75) is 250 Å². The summed E-state index contributed by atoms with van der Waals surface area (Å²) >= 11 is 0. The van der Waals surface area contributed by atoms with Crippen LogP contribution in [0.4, 0.5) is 0 Å². The lowest BCUT2D eigenvalue weighted by molar-refractivity contribution is -0.297. The van der Waals surface area contributed by atoms with Crippen LogP contribution >= 0.6 is 0 Å². The fraction of sp³-hybridized carbons (Fsp3) is 0.913. The maximum atomic E-state index is 12.8. The number of hydrogen-bond donors (Lipinski definition) is 4. The fourth-order valence-electron chi connectivity index (χ4n) is 7.38. The molecule has 0 radical (unpaired) electrons. The molecule has 1 aliphatic rings. The fourth-order valence-corrected chi connectivity index (χ4v) is 8.07. The molecule has 2 unspecified atom stereocenters. The molecule has 1 saturated heterocycles. The lowest BCUT2D eigenvalue weighted by Crippen LogP contribution is -2.60. The van der Waals surface area contributed by atoms with Crippen LogP contribution in [-0.4, -0.2) is 96.0 Å². The van der Waals surface area contributed by atoms with Gasteiger partial charge in [0.15, 0.2) is 12.4 Å².